The molecule has 0 aliphatic rings. The second-order valence-corrected chi connectivity index (χ2v) is 4.16. The smallest absolute Gasteiger partial charge is 0.417 e. The Bertz CT molecular complexity index is 429. The molecule has 1 rings (SSSR count). The molecule has 1 aromatic carbocycles. The van der Waals surface area contributed by atoms with Gasteiger partial charge in [-0.25, -0.2) is 0 Å². The summed E-state index contributed by atoms with van der Waals surface area (Å²) in [6.45, 7) is 1.43. The number of rotatable bonds is 3. The Kier molecular flexibility index (Phi) is 4.03. The van der Waals surface area contributed by atoms with Gasteiger partial charge >= 0.3 is 12.1 Å². The molecule has 1 N–H and O–H groups in total. The van der Waals surface area contributed by atoms with Crippen molar-refractivity contribution in [2.24, 2.45) is 5.92 Å². The molecule has 0 fully saturated rings. The average Bonchev–Trinajstić information content (AvgIpc) is 2.19. The Morgan fingerprint density at radius 1 is 1.47 bits per heavy atom. The summed E-state index contributed by atoms with van der Waals surface area (Å²) in [4.78, 5) is 10.6. The molecular formula is C11H10ClF3O2. The average molecular weight is 267 g/mol. The Hall–Kier alpha value is -1.23. The van der Waals surface area contributed by atoms with E-state index >= 15 is 0 Å². The quantitative estimate of drug-likeness (QED) is 0.907. The number of carboxylic acids is 1. The van der Waals surface area contributed by atoms with Crippen LogP contribution >= 0.6 is 11.6 Å². The fourth-order valence-corrected chi connectivity index (χ4v) is 1.58. The number of aliphatic carboxylic acids is 1. The zero-order valence-electron chi connectivity index (χ0n) is 8.88. The summed E-state index contributed by atoms with van der Waals surface area (Å²) in [7, 11) is 0. The van der Waals surface area contributed by atoms with Crippen LogP contribution in [-0.2, 0) is 17.4 Å². The molecule has 0 aliphatic carbocycles. The van der Waals surface area contributed by atoms with Crippen LogP contribution in [0.1, 0.15) is 18.1 Å². The molecule has 94 valence electrons. The number of halogens is 4. The van der Waals surface area contributed by atoms with Gasteiger partial charge < -0.3 is 5.11 Å². The van der Waals surface area contributed by atoms with Crippen LogP contribution in [0.3, 0.4) is 0 Å². The van der Waals surface area contributed by atoms with E-state index in [1.807, 2.05) is 0 Å². The van der Waals surface area contributed by atoms with Crippen molar-refractivity contribution in [3.63, 3.8) is 0 Å². The third kappa shape index (κ3) is 3.63. The van der Waals surface area contributed by atoms with Crippen LogP contribution in [0.15, 0.2) is 18.2 Å². The zero-order valence-corrected chi connectivity index (χ0v) is 9.64. The summed E-state index contributed by atoms with van der Waals surface area (Å²) in [5, 5.41) is 8.29. The first-order valence-corrected chi connectivity index (χ1v) is 5.18. The number of carboxylic acid groups (broad SMARTS) is 1. The minimum Gasteiger partial charge on any atom is -0.481 e. The summed E-state index contributed by atoms with van der Waals surface area (Å²) in [6.07, 6.45) is -4.49. The molecule has 1 unspecified atom stereocenters. The van der Waals surface area contributed by atoms with Gasteiger partial charge in [-0.2, -0.15) is 13.2 Å². The fourth-order valence-electron chi connectivity index (χ4n) is 1.36. The molecule has 0 aromatic heterocycles. The highest BCUT2D eigenvalue weighted by Gasteiger charge is 2.33. The highest BCUT2D eigenvalue weighted by Crippen LogP contribution is 2.35. The van der Waals surface area contributed by atoms with Crippen LogP contribution in [0.2, 0.25) is 5.02 Å². The molecule has 0 radical (unpaired) electrons. The van der Waals surface area contributed by atoms with Gasteiger partial charge in [0.1, 0.15) is 0 Å². The number of carbonyl (C=O) groups is 1. The first kappa shape index (κ1) is 13.8. The zero-order chi connectivity index (χ0) is 13.2. The van der Waals surface area contributed by atoms with Gasteiger partial charge in [0, 0.05) is 0 Å². The van der Waals surface area contributed by atoms with Crippen LogP contribution < -0.4 is 0 Å². The third-order valence-electron chi connectivity index (χ3n) is 2.30. The van der Waals surface area contributed by atoms with Gasteiger partial charge in [-0.15, -0.1) is 0 Å². The molecule has 1 atom stereocenters. The van der Waals surface area contributed by atoms with E-state index < -0.39 is 23.6 Å². The van der Waals surface area contributed by atoms with E-state index in [9.17, 15) is 18.0 Å². The second-order valence-electron chi connectivity index (χ2n) is 3.76. The number of hydrogen-bond donors (Lipinski definition) is 1. The summed E-state index contributed by atoms with van der Waals surface area (Å²) in [5.41, 5.74) is -0.633. The topological polar surface area (TPSA) is 37.3 Å². The van der Waals surface area contributed by atoms with Gasteiger partial charge in [-0.05, 0) is 24.1 Å². The molecule has 0 amide bonds. The number of hydrogen-bond acceptors (Lipinski definition) is 1. The predicted molar refractivity (Wildman–Crippen MR) is 57.0 cm³/mol. The van der Waals surface area contributed by atoms with Crippen molar-refractivity contribution < 1.29 is 23.1 Å². The van der Waals surface area contributed by atoms with Crippen LogP contribution in [0.4, 0.5) is 13.2 Å². The standard InChI is InChI=1S/C11H10ClF3O2/c1-6(10(16)17)4-7-2-3-9(12)8(5-7)11(13,14)15/h2-3,5-6H,4H2,1H3,(H,16,17). The van der Waals surface area contributed by atoms with E-state index in [-0.39, 0.29) is 11.4 Å². The summed E-state index contributed by atoms with van der Waals surface area (Å²) >= 11 is 5.44. The lowest BCUT2D eigenvalue weighted by Gasteiger charge is -2.12. The molecule has 0 spiro atoms. The third-order valence-corrected chi connectivity index (χ3v) is 2.63. The molecule has 0 saturated carbocycles. The van der Waals surface area contributed by atoms with Crippen molar-refractivity contribution in [2.45, 2.75) is 19.5 Å². The van der Waals surface area contributed by atoms with Crippen molar-refractivity contribution >= 4 is 17.6 Å². The molecule has 0 saturated heterocycles. The van der Waals surface area contributed by atoms with E-state index in [2.05, 4.69) is 0 Å². The number of benzene rings is 1. The number of alkyl halides is 3. The molecule has 1 aromatic rings. The highest BCUT2D eigenvalue weighted by molar-refractivity contribution is 6.31. The first-order valence-electron chi connectivity index (χ1n) is 4.80. The highest BCUT2D eigenvalue weighted by atomic mass is 35.5. The van der Waals surface area contributed by atoms with E-state index in [0.29, 0.717) is 5.56 Å². The lowest BCUT2D eigenvalue weighted by Crippen LogP contribution is -2.13. The van der Waals surface area contributed by atoms with Crippen LogP contribution in [0.5, 0.6) is 0 Å². The van der Waals surface area contributed by atoms with Gasteiger partial charge in [0.15, 0.2) is 0 Å². The molecular weight excluding hydrogens is 257 g/mol. The Morgan fingerprint density at radius 2 is 2.06 bits per heavy atom. The van der Waals surface area contributed by atoms with Gasteiger partial charge in [-0.1, -0.05) is 24.6 Å². The van der Waals surface area contributed by atoms with E-state index in [1.165, 1.54) is 13.0 Å². The Balaban J connectivity index is 3.01. The Labute approximate surface area is 101 Å². The molecule has 0 heterocycles. The second kappa shape index (κ2) is 4.96. The molecule has 17 heavy (non-hydrogen) atoms. The monoisotopic (exact) mass is 266 g/mol. The Morgan fingerprint density at radius 3 is 2.53 bits per heavy atom. The minimum atomic E-state index is -4.53. The van der Waals surface area contributed by atoms with Gasteiger partial charge in [0.25, 0.3) is 0 Å². The van der Waals surface area contributed by atoms with Gasteiger partial charge in [0.05, 0.1) is 16.5 Å². The normalized spacial score (nSPS) is 13.5. The SMILES string of the molecule is CC(Cc1ccc(Cl)c(C(F)(F)F)c1)C(=O)O. The van der Waals surface area contributed by atoms with Crippen LogP contribution in [0, 0.1) is 5.92 Å². The lowest BCUT2D eigenvalue weighted by molar-refractivity contribution is -0.141. The summed E-state index contributed by atoms with van der Waals surface area (Å²) in [5.74, 6) is -1.79. The van der Waals surface area contributed by atoms with Crippen LogP contribution in [0.25, 0.3) is 0 Å². The summed E-state index contributed by atoms with van der Waals surface area (Å²) in [6, 6.07) is 3.42. The first-order chi connectivity index (χ1) is 7.71. The molecule has 6 heteroatoms. The van der Waals surface area contributed by atoms with Crippen molar-refractivity contribution in [1.82, 2.24) is 0 Å². The largest absolute Gasteiger partial charge is 0.481 e. The van der Waals surface area contributed by atoms with Crippen molar-refractivity contribution in [3.8, 4) is 0 Å². The molecule has 0 aliphatic heterocycles. The van der Waals surface area contributed by atoms with E-state index in [1.54, 1.807) is 0 Å². The lowest BCUT2D eigenvalue weighted by atomic mass is 9.99. The van der Waals surface area contributed by atoms with Crippen molar-refractivity contribution in [2.75, 3.05) is 0 Å². The maximum absolute atomic E-state index is 12.5. The summed E-state index contributed by atoms with van der Waals surface area (Å²) < 4.78 is 37.6. The maximum Gasteiger partial charge on any atom is 0.417 e. The van der Waals surface area contributed by atoms with E-state index in [4.69, 9.17) is 16.7 Å². The van der Waals surface area contributed by atoms with Gasteiger partial charge in [0.2, 0.25) is 0 Å². The van der Waals surface area contributed by atoms with E-state index in [0.717, 1.165) is 12.1 Å². The molecule has 0 bridgehead atoms. The van der Waals surface area contributed by atoms with Crippen molar-refractivity contribution in [3.05, 3.63) is 34.3 Å². The maximum atomic E-state index is 12.5. The predicted octanol–water partition coefficient (Wildman–Crippen LogP) is 3.62. The van der Waals surface area contributed by atoms with Crippen LogP contribution in [-0.4, -0.2) is 11.1 Å². The fraction of sp³-hybridized carbons (Fsp3) is 0.364. The van der Waals surface area contributed by atoms with Gasteiger partial charge in [-0.3, -0.25) is 4.79 Å². The molecule has 2 nitrogen and oxygen atoms in total. The minimum absolute atomic E-state index is 0.0373. The van der Waals surface area contributed by atoms with Crippen molar-refractivity contribution in [1.29, 1.82) is 0 Å².